The van der Waals surface area contributed by atoms with Gasteiger partial charge in [0.25, 0.3) is 0 Å². The molecule has 0 N–H and O–H groups in total. The SMILES string of the molecule is C1=Cc2cc3nccnc3cc2OC1. The van der Waals surface area contributed by atoms with E-state index in [-0.39, 0.29) is 0 Å². The molecule has 3 rings (SSSR count). The molecular weight excluding hydrogens is 176 g/mol. The zero-order valence-corrected chi connectivity index (χ0v) is 7.47. The van der Waals surface area contributed by atoms with E-state index in [0.29, 0.717) is 6.61 Å². The Bertz CT molecular complexity index is 520. The normalized spacial score (nSPS) is 13.7. The quantitative estimate of drug-likeness (QED) is 0.628. The second-order valence-corrected chi connectivity index (χ2v) is 3.15. The van der Waals surface area contributed by atoms with Gasteiger partial charge in [-0.05, 0) is 12.1 Å². The monoisotopic (exact) mass is 184 g/mol. The van der Waals surface area contributed by atoms with Gasteiger partial charge in [0.2, 0.25) is 0 Å². The third kappa shape index (κ3) is 1.06. The van der Waals surface area contributed by atoms with Crippen molar-refractivity contribution in [1.82, 2.24) is 9.97 Å². The van der Waals surface area contributed by atoms with Crippen molar-refractivity contribution in [3.8, 4) is 5.75 Å². The second kappa shape index (κ2) is 2.80. The van der Waals surface area contributed by atoms with Crippen LogP contribution in [0.2, 0.25) is 0 Å². The lowest BCUT2D eigenvalue weighted by Crippen LogP contribution is -2.00. The van der Waals surface area contributed by atoms with E-state index >= 15 is 0 Å². The molecule has 0 amide bonds. The summed E-state index contributed by atoms with van der Waals surface area (Å²) in [4.78, 5) is 8.46. The van der Waals surface area contributed by atoms with Crippen LogP contribution in [0.25, 0.3) is 17.1 Å². The predicted octanol–water partition coefficient (Wildman–Crippen LogP) is 2.04. The third-order valence-corrected chi connectivity index (χ3v) is 2.23. The predicted molar refractivity (Wildman–Crippen MR) is 54.1 cm³/mol. The van der Waals surface area contributed by atoms with Gasteiger partial charge in [-0.25, -0.2) is 0 Å². The molecule has 1 aromatic heterocycles. The maximum atomic E-state index is 5.48. The van der Waals surface area contributed by atoms with E-state index in [2.05, 4.69) is 9.97 Å². The van der Waals surface area contributed by atoms with Gasteiger partial charge in [-0.15, -0.1) is 0 Å². The highest BCUT2D eigenvalue weighted by molar-refractivity contribution is 5.81. The van der Waals surface area contributed by atoms with Crippen molar-refractivity contribution in [2.75, 3.05) is 6.61 Å². The molecule has 0 atom stereocenters. The minimum absolute atomic E-state index is 0.638. The van der Waals surface area contributed by atoms with Gasteiger partial charge in [0.1, 0.15) is 12.4 Å². The highest BCUT2D eigenvalue weighted by Gasteiger charge is 2.07. The van der Waals surface area contributed by atoms with Crippen LogP contribution in [0.4, 0.5) is 0 Å². The van der Waals surface area contributed by atoms with Crippen molar-refractivity contribution in [3.05, 3.63) is 36.2 Å². The highest BCUT2D eigenvalue weighted by Crippen LogP contribution is 2.27. The van der Waals surface area contributed by atoms with Crippen LogP contribution in [0.5, 0.6) is 5.75 Å². The van der Waals surface area contributed by atoms with Crippen LogP contribution in [-0.2, 0) is 0 Å². The zero-order chi connectivity index (χ0) is 9.38. The Hall–Kier alpha value is -1.90. The molecule has 0 spiro atoms. The van der Waals surface area contributed by atoms with Gasteiger partial charge in [-0.3, -0.25) is 9.97 Å². The average Bonchev–Trinajstić information content (AvgIpc) is 2.26. The van der Waals surface area contributed by atoms with Crippen LogP contribution in [0.3, 0.4) is 0 Å². The lowest BCUT2D eigenvalue weighted by atomic mass is 10.1. The molecule has 0 fully saturated rings. The van der Waals surface area contributed by atoms with Crippen LogP contribution < -0.4 is 4.74 Å². The van der Waals surface area contributed by atoms with Gasteiger partial charge in [0.05, 0.1) is 11.0 Å². The number of hydrogen-bond acceptors (Lipinski definition) is 3. The van der Waals surface area contributed by atoms with E-state index in [9.17, 15) is 0 Å². The first-order valence-corrected chi connectivity index (χ1v) is 4.47. The van der Waals surface area contributed by atoms with E-state index in [4.69, 9.17) is 4.74 Å². The summed E-state index contributed by atoms with van der Waals surface area (Å²) in [6.45, 7) is 0.638. The van der Waals surface area contributed by atoms with E-state index in [1.165, 1.54) is 0 Å². The molecule has 0 unspecified atom stereocenters. The number of ether oxygens (including phenoxy) is 1. The molecule has 1 aromatic carbocycles. The summed E-state index contributed by atoms with van der Waals surface area (Å²) in [7, 11) is 0. The minimum Gasteiger partial charge on any atom is -0.489 e. The van der Waals surface area contributed by atoms with Crippen molar-refractivity contribution >= 4 is 17.1 Å². The Kier molecular flexibility index (Phi) is 1.50. The summed E-state index contributed by atoms with van der Waals surface area (Å²) in [5.41, 5.74) is 2.85. The van der Waals surface area contributed by atoms with E-state index in [0.717, 1.165) is 22.3 Å². The van der Waals surface area contributed by atoms with Gasteiger partial charge in [0.15, 0.2) is 0 Å². The van der Waals surface area contributed by atoms with Gasteiger partial charge in [0, 0.05) is 24.0 Å². The largest absolute Gasteiger partial charge is 0.489 e. The maximum absolute atomic E-state index is 5.48. The summed E-state index contributed by atoms with van der Waals surface area (Å²) >= 11 is 0. The Balaban J connectivity index is 2.34. The van der Waals surface area contributed by atoms with Crippen LogP contribution >= 0.6 is 0 Å². The van der Waals surface area contributed by atoms with Gasteiger partial charge in [-0.1, -0.05) is 6.08 Å². The number of nitrogens with zero attached hydrogens (tertiary/aromatic N) is 2. The molecule has 14 heavy (non-hydrogen) atoms. The first kappa shape index (κ1) is 7.50. The van der Waals surface area contributed by atoms with Crippen molar-refractivity contribution in [1.29, 1.82) is 0 Å². The standard InChI is InChI=1S/C11H8N2O/c1-2-8-6-9-10(13-4-3-12-9)7-11(8)14-5-1/h1-4,6-7H,5H2. The Morgan fingerprint density at radius 2 is 1.86 bits per heavy atom. The maximum Gasteiger partial charge on any atom is 0.129 e. The van der Waals surface area contributed by atoms with E-state index in [1.54, 1.807) is 12.4 Å². The number of rotatable bonds is 0. The summed E-state index contributed by atoms with van der Waals surface area (Å²) in [6, 6.07) is 3.93. The van der Waals surface area contributed by atoms with Crippen molar-refractivity contribution in [2.45, 2.75) is 0 Å². The molecule has 68 valence electrons. The number of hydrogen-bond donors (Lipinski definition) is 0. The number of aromatic nitrogens is 2. The average molecular weight is 184 g/mol. The van der Waals surface area contributed by atoms with Gasteiger partial charge >= 0.3 is 0 Å². The molecule has 1 aliphatic rings. The van der Waals surface area contributed by atoms with Crippen molar-refractivity contribution < 1.29 is 4.74 Å². The summed E-state index contributed by atoms with van der Waals surface area (Å²) < 4.78 is 5.48. The molecular formula is C11H8N2O. The molecule has 0 radical (unpaired) electrons. The summed E-state index contributed by atoms with van der Waals surface area (Å²) in [5, 5.41) is 0. The Labute approximate surface area is 81.1 Å². The van der Waals surface area contributed by atoms with Crippen molar-refractivity contribution in [3.63, 3.8) is 0 Å². The Morgan fingerprint density at radius 3 is 2.71 bits per heavy atom. The van der Waals surface area contributed by atoms with Gasteiger partial charge in [-0.2, -0.15) is 0 Å². The van der Waals surface area contributed by atoms with Crippen molar-refractivity contribution in [2.24, 2.45) is 0 Å². The molecule has 0 aliphatic carbocycles. The molecule has 0 saturated carbocycles. The molecule has 1 aliphatic heterocycles. The smallest absolute Gasteiger partial charge is 0.129 e. The fraction of sp³-hybridized carbons (Fsp3) is 0.0909. The molecule has 3 heteroatoms. The van der Waals surface area contributed by atoms with Gasteiger partial charge < -0.3 is 4.74 Å². The molecule has 0 saturated heterocycles. The van der Waals surface area contributed by atoms with E-state index in [1.807, 2.05) is 24.3 Å². The lowest BCUT2D eigenvalue weighted by Gasteiger charge is -2.12. The van der Waals surface area contributed by atoms with Crippen LogP contribution in [0.1, 0.15) is 5.56 Å². The fourth-order valence-electron chi connectivity index (χ4n) is 1.58. The van der Waals surface area contributed by atoms with E-state index < -0.39 is 0 Å². The lowest BCUT2D eigenvalue weighted by molar-refractivity contribution is 0.359. The molecule has 3 nitrogen and oxygen atoms in total. The zero-order valence-electron chi connectivity index (χ0n) is 7.47. The highest BCUT2D eigenvalue weighted by atomic mass is 16.5. The molecule has 2 aromatic rings. The number of fused-ring (bicyclic) bond motifs is 2. The van der Waals surface area contributed by atoms with Crippen LogP contribution in [0, 0.1) is 0 Å². The fourth-order valence-corrected chi connectivity index (χ4v) is 1.58. The summed E-state index contributed by atoms with van der Waals surface area (Å²) in [6.07, 6.45) is 7.42. The minimum atomic E-state index is 0.638. The first-order chi connectivity index (χ1) is 6.93. The molecule has 0 bridgehead atoms. The topological polar surface area (TPSA) is 35.0 Å². The second-order valence-electron chi connectivity index (χ2n) is 3.15. The Morgan fingerprint density at radius 1 is 1.07 bits per heavy atom. The van der Waals surface area contributed by atoms with Crippen LogP contribution in [0.15, 0.2) is 30.6 Å². The number of benzene rings is 1. The van der Waals surface area contributed by atoms with Crippen LogP contribution in [-0.4, -0.2) is 16.6 Å². The molecule has 2 heterocycles. The third-order valence-electron chi connectivity index (χ3n) is 2.23. The first-order valence-electron chi connectivity index (χ1n) is 4.47. The summed E-state index contributed by atoms with van der Waals surface area (Å²) in [5.74, 6) is 0.889.